The Bertz CT molecular complexity index is 7040. The molecule has 7 heteroatoms. The van der Waals surface area contributed by atoms with E-state index in [0.29, 0.717) is 78.3 Å². The molecule has 0 spiro atoms. The molecule has 13 aromatic carbocycles. The van der Waals surface area contributed by atoms with Gasteiger partial charge in [-0.2, -0.15) is 0 Å². The molecule has 0 saturated carbocycles. The fourth-order valence-electron chi connectivity index (χ4n) is 14.9. The molecule has 0 N–H and O–H groups in total. The van der Waals surface area contributed by atoms with E-state index >= 15 is 0 Å². The van der Waals surface area contributed by atoms with Crippen molar-refractivity contribution in [2.24, 2.45) is 0 Å². The van der Waals surface area contributed by atoms with E-state index in [4.69, 9.17) is 5.48 Å². The van der Waals surface area contributed by atoms with Crippen molar-refractivity contribution < 1.29 is 30.2 Å². The summed E-state index contributed by atoms with van der Waals surface area (Å²) in [6.45, 7) is 17.3. The van der Waals surface area contributed by atoms with Gasteiger partial charge in [-0.1, -0.05) is 268 Å². The summed E-state index contributed by atoms with van der Waals surface area (Å²) < 4.78 is 223. The highest BCUT2D eigenvalue weighted by molar-refractivity contribution is 7.26. The molecule has 4 aromatic heterocycles. The first-order chi connectivity index (χ1) is 58.2. The highest BCUT2D eigenvalue weighted by atomic mass is 32.1. The third-order valence-corrected chi connectivity index (χ3v) is 22.1. The van der Waals surface area contributed by atoms with Crippen molar-refractivity contribution in [3.8, 4) is 55.9 Å². The van der Waals surface area contributed by atoms with E-state index in [0.717, 1.165) is 33.8 Å². The van der Waals surface area contributed by atoms with Crippen molar-refractivity contribution in [1.82, 2.24) is 9.13 Å². The van der Waals surface area contributed by atoms with Crippen molar-refractivity contribution >= 4 is 142 Å². The lowest BCUT2D eigenvalue weighted by atomic mass is 9.33. The molecular formula is C94H75BN4S2. The maximum absolute atomic E-state index is 11.9. The van der Waals surface area contributed by atoms with Crippen LogP contribution in [0, 0.1) is 0 Å². The van der Waals surface area contributed by atoms with Gasteiger partial charge in [-0.05, 0) is 156 Å². The van der Waals surface area contributed by atoms with Gasteiger partial charge in [0.15, 0.2) is 0 Å². The molecule has 0 unspecified atom stereocenters. The average Bonchev–Trinajstić information content (AvgIpc) is 1.66. The molecule has 19 rings (SSSR count). The summed E-state index contributed by atoms with van der Waals surface area (Å²) in [5.41, 5.74) is 6.31. The minimum Gasteiger partial charge on any atom is -0.310 e. The van der Waals surface area contributed by atoms with Crippen LogP contribution >= 0.6 is 22.7 Å². The summed E-state index contributed by atoms with van der Waals surface area (Å²) in [6, 6.07) is 38.6. The molecule has 0 fully saturated rings. The monoisotopic (exact) mass is 1360 g/mol. The fourth-order valence-corrected chi connectivity index (χ4v) is 17.2. The zero-order chi connectivity index (χ0) is 87.5. The molecule has 0 radical (unpaired) electrons. The molecule has 6 heterocycles. The van der Waals surface area contributed by atoms with Gasteiger partial charge in [0.2, 0.25) is 0 Å². The predicted octanol–water partition coefficient (Wildman–Crippen LogP) is 25.0. The highest BCUT2D eigenvalue weighted by Gasteiger charge is 2.47. The lowest BCUT2D eigenvalue weighted by Crippen LogP contribution is -2.61. The number of hydrogen-bond donors (Lipinski definition) is 0. The fraction of sp³-hybridized carbons (Fsp3) is 0.128. The average molecular weight is 1360 g/mol. The quantitative estimate of drug-likeness (QED) is 0.141. The van der Waals surface area contributed by atoms with Crippen LogP contribution in [0.1, 0.15) is 109 Å². The first-order valence-corrected chi connectivity index (χ1v) is 35.4. The van der Waals surface area contributed by atoms with E-state index < -0.39 is 167 Å². The van der Waals surface area contributed by atoms with Gasteiger partial charge in [0.05, 0.1) is 52.6 Å². The second kappa shape index (κ2) is 22.8. The van der Waals surface area contributed by atoms with Crippen molar-refractivity contribution in [3.63, 3.8) is 0 Å². The second-order valence-corrected chi connectivity index (χ2v) is 31.1. The molecule has 2 aliphatic heterocycles. The number of fused-ring (bicyclic) bond motifs is 14. The van der Waals surface area contributed by atoms with Crippen LogP contribution in [0.15, 0.2) is 291 Å². The third-order valence-electron chi connectivity index (χ3n) is 19.9. The summed E-state index contributed by atoms with van der Waals surface area (Å²) in [5.74, 6) is 0. The summed E-state index contributed by atoms with van der Waals surface area (Å²) in [6.07, 6.45) is 0. The largest absolute Gasteiger partial charge is 0.310 e. The van der Waals surface area contributed by atoms with Crippen LogP contribution in [-0.2, 0) is 16.2 Å². The molecular weight excluding hydrogens is 1260 g/mol. The second-order valence-electron chi connectivity index (χ2n) is 29.1. The van der Waals surface area contributed by atoms with E-state index in [9.17, 15) is 24.7 Å². The van der Waals surface area contributed by atoms with Gasteiger partial charge in [-0.25, -0.2) is 0 Å². The van der Waals surface area contributed by atoms with Crippen molar-refractivity contribution in [2.45, 2.75) is 78.6 Å². The van der Waals surface area contributed by atoms with Crippen LogP contribution in [-0.4, -0.2) is 15.8 Å². The number of aromatic nitrogens is 2. The van der Waals surface area contributed by atoms with Crippen molar-refractivity contribution in [3.05, 3.63) is 307 Å². The Kier molecular flexibility index (Phi) is 9.52. The molecule has 0 saturated heterocycles. The number of benzene rings is 13. The normalized spacial score (nSPS) is 16.2. The first-order valence-electron chi connectivity index (χ1n) is 44.7. The van der Waals surface area contributed by atoms with E-state index in [-0.39, 0.29) is 84.7 Å². The lowest BCUT2D eigenvalue weighted by molar-refractivity contribution is 0.590. The standard InChI is InChI=1S/C94H75BN4S2/c1-92(2,3)62-50-71(58-30-14-10-15-31-58)88(72(51-62)59-32-16-11-17-33-59)98-79-56-65(96-77-42-26-22-38-67(77)85-69-40-24-28-44-83(69)100-90(85)96)46-48-75(79)95-76-49-47-66(97-78-43-27-23-39-68(78)86-70-41-25-29-45-84(70)101-91(86)97)57-80(76)99(82-55-64(94(7,8)9)54-81(98)87(82)95)89-73(60-34-18-12-19-35-60)52-63(93(4,5)6)53-74(89)61-36-20-13-21-37-61/h10-57H,1-9H3/i22D,23D,24D,25D,26D,27D,28D,29D,38D,39D,40D,41D,42D,43D,44D,45D,46D,47D,48D,49D,56D,57D. The van der Waals surface area contributed by atoms with Crippen molar-refractivity contribution in [2.75, 3.05) is 9.80 Å². The predicted molar refractivity (Wildman–Crippen MR) is 438 cm³/mol. The van der Waals surface area contributed by atoms with Gasteiger partial charge in [0.25, 0.3) is 6.71 Å². The van der Waals surface area contributed by atoms with Gasteiger partial charge >= 0.3 is 0 Å². The number of anilines is 6. The number of hydrogen-bond acceptors (Lipinski definition) is 4. The first kappa shape index (κ1) is 42.2. The molecule has 4 nitrogen and oxygen atoms in total. The molecule has 2 aliphatic rings. The summed E-state index contributed by atoms with van der Waals surface area (Å²) >= 11 is 1.69. The van der Waals surface area contributed by atoms with E-state index in [2.05, 4.69) is 86.6 Å². The minimum absolute atomic E-state index is 0.00657. The number of thiophene rings is 2. The molecule has 17 aromatic rings. The Morgan fingerprint density at radius 1 is 0.337 bits per heavy atom. The molecule has 0 atom stereocenters. The molecule has 486 valence electrons. The van der Waals surface area contributed by atoms with Crippen LogP contribution < -0.4 is 26.2 Å². The van der Waals surface area contributed by atoms with Gasteiger partial charge < -0.3 is 18.9 Å². The van der Waals surface area contributed by atoms with E-state index in [1.165, 1.54) is 9.13 Å². The molecule has 101 heavy (non-hydrogen) atoms. The Labute approximate surface area is 630 Å². The zero-order valence-corrected chi connectivity index (χ0v) is 58.3. The van der Waals surface area contributed by atoms with Crippen LogP contribution in [0.4, 0.5) is 34.1 Å². The van der Waals surface area contributed by atoms with Crippen LogP contribution in [0.2, 0.25) is 0 Å². The smallest absolute Gasteiger partial charge is 0.252 e. The van der Waals surface area contributed by atoms with Gasteiger partial charge in [0.1, 0.15) is 9.66 Å². The Balaban J connectivity index is 1.09. The summed E-state index contributed by atoms with van der Waals surface area (Å²) in [7, 11) is 0. The van der Waals surface area contributed by atoms with Gasteiger partial charge in [-0.15, -0.1) is 22.7 Å². The maximum Gasteiger partial charge on any atom is 0.252 e. The topological polar surface area (TPSA) is 16.3 Å². The number of para-hydroxylation sites is 2. The molecule has 0 amide bonds. The van der Waals surface area contributed by atoms with Crippen LogP contribution in [0.5, 0.6) is 0 Å². The SMILES string of the molecule is [2H]c1c([2H])c(-n2c3sc4c([2H])c([2H])c([2H])c([2H])c4c3c3c([2H])c([2H])c([2H])c([2H])c32)c([2H])c2c1B1c3c(cc(C(C)(C)C)cc3N(c3c(-c4ccccc4)cc(C(C)(C)C)cc3-c3ccccc3)c3c([2H])c(-n4c5sc6c([2H])c([2H])c([2H])c([2H])c6c5c5c([2H])c([2H])c([2H])c([2H])c54)c([2H])c([2H])c31)N2c1c(-c2ccccc2)cc(C(C)(C)C)cc1-c1ccccc1. The van der Waals surface area contributed by atoms with Crippen LogP contribution in [0.25, 0.3) is 118 Å². The lowest BCUT2D eigenvalue weighted by Gasteiger charge is -2.47. The Morgan fingerprint density at radius 3 is 1.00 bits per heavy atom. The Hall–Kier alpha value is -11.0. The number of rotatable bonds is 8. The minimum atomic E-state index is -1.58. The highest BCUT2D eigenvalue weighted by Crippen LogP contribution is 2.56. The van der Waals surface area contributed by atoms with Crippen molar-refractivity contribution in [1.29, 1.82) is 0 Å². The van der Waals surface area contributed by atoms with Gasteiger partial charge in [0, 0.05) is 98.1 Å². The molecule has 0 aliphatic carbocycles. The van der Waals surface area contributed by atoms with E-state index in [1.807, 2.05) is 143 Å². The Morgan fingerprint density at radius 2 is 0.653 bits per heavy atom. The zero-order valence-electron chi connectivity index (χ0n) is 78.7. The third kappa shape index (κ3) is 9.60. The molecule has 0 bridgehead atoms. The number of nitrogens with zero attached hydrogens (tertiary/aromatic N) is 4. The van der Waals surface area contributed by atoms with Crippen LogP contribution in [0.3, 0.4) is 0 Å². The van der Waals surface area contributed by atoms with Gasteiger partial charge in [-0.3, -0.25) is 0 Å². The van der Waals surface area contributed by atoms with E-state index in [1.54, 1.807) is 0 Å². The maximum atomic E-state index is 11.9. The summed E-state index contributed by atoms with van der Waals surface area (Å²) in [5, 5.41) is -0.486. The summed E-state index contributed by atoms with van der Waals surface area (Å²) in [4.78, 5) is 3.93.